The van der Waals surface area contributed by atoms with E-state index in [0.29, 0.717) is 58.6 Å². The first kappa shape index (κ1) is 63.0. The number of carbonyl (C=O) groups is 8. The molecule has 8 heterocycles. The fraction of sp³-hybridized carbons (Fsp3) is 0.580. The average molecular weight is 1210 g/mol. The molecule has 81 heavy (non-hydrogen) atoms. The fourth-order valence-corrected chi connectivity index (χ4v) is 16.5. The van der Waals surface area contributed by atoms with Gasteiger partial charge in [-0.1, -0.05) is 26.8 Å². The Bertz CT molecular complexity index is 2960. The summed E-state index contributed by atoms with van der Waals surface area (Å²) in [5.41, 5.74) is 5.64. The molecule has 5 saturated heterocycles. The molecule has 9 rings (SSSR count). The second-order valence-electron chi connectivity index (χ2n) is 21.0. The first-order valence-electron chi connectivity index (χ1n) is 26.0. The molecule has 8 aliphatic rings. The molecule has 15 N–H and O–H groups in total. The standard InChI is InChI=1S/C22H25N3O7S.C15H24N4O6S2.C13H19N3O4S/c1-9-16-15(10(2)26)20(28)25(16)17(22(31)32)18(9)33-13-7-14(23-8-13)19(27)24-12-5-3-4-11(6-12)21(29)30;1-6-11-10(7(2)20)14(21)19(11)12(15(22)23)13(6)26-9-3-8(17-5-9)4-18-27(16,24)25;1-6-9-8(7(2)17)12(18)16(9)10(13(19)20)11(6)21-4-3-15-5-14/h3-6,9-10,13-16,23,26H,7-8H2,1-2H3,(H,24,27)(H,29,30)(H,31,32);6-11,17-18,20H,3-5H2,1-2H3,(H,22,23)(H2,16,24,25);5-9,17H,3-4H2,1-2H3,(H2,14,15)(H,19,20)/t9-,10-,13+,14+,15-,16-;6-,7-,8+,9+,10-,11-;6-,7-,8-,9-/m111/s1. The summed E-state index contributed by atoms with van der Waals surface area (Å²) >= 11 is 4.16. The Labute approximate surface area is 479 Å². The second kappa shape index (κ2) is 25.5. The molecule has 0 spiro atoms. The number of nitrogens with one attached hydrogen (secondary N) is 4. The van der Waals surface area contributed by atoms with Crippen LogP contribution >= 0.6 is 35.3 Å². The summed E-state index contributed by atoms with van der Waals surface area (Å²) < 4.78 is 24.3. The van der Waals surface area contributed by atoms with Gasteiger partial charge in [-0.25, -0.2) is 29.0 Å². The van der Waals surface area contributed by atoms with Crippen LogP contribution in [0.3, 0.4) is 0 Å². The number of benzene rings is 1. The van der Waals surface area contributed by atoms with Crippen LogP contribution in [-0.4, -0.2) is 204 Å². The highest BCUT2D eigenvalue weighted by Gasteiger charge is 2.62. The van der Waals surface area contributed by atoms with Crippen molar-refractivity contribution in [1.82, 2.24) is 30.1 Å². The summed E-state index contributed by atoms with van der Waals surface area (Å²) in [6, 6.07) is 4.38. The Morgan fingerprint density at radius 1 is 0.716 bits per heavy atom. The van der Waals surface area contributed by atoms with E-state index in [4.69, 9.17) is 16.0 Å². The predicted octanol–water partition coefficient (Wildman–Crippen LogP) is -0.802. The van der Waals surface area contributed by atoms with Crippen LogP contribution < -0.4 is 31.5 Å². The van der Waals surface area contributed by atoms with Crippen molar-refractivity contribution in [1.29, 1.82) is 0 Å². The molecule has 0 bridgehead atoms. The van der Waals surface area contributed by atoms with Gasteiger partial charge in [0.15, 0.2) is 0 Å². The number of carbonyl (C=O) groups excluding carboxylic acids is 4. The first-order valence-corrected chi connectivity index (χ1v) is 30.3. The molecule has 0 aliphatic carbocycles. The quantitative estimate of drug-likeness (QED) is 0.0329. The third-order valence-corrected chi connectivity index (χ3v) is 20.5. The summed E-state index contributed by atoms with van der Waals surface area (Å²) in [5, 5.41) is 81.4. The Morgan fingerprint density at radius 2 is 1.16 bits per heavy atom. The van der Waals surface area contributed by atoms with Gasteiger partial charge in [-0.2, -0.15) is 8.42 Å². The molecule has 27 nitrogen and oxygen atoms in total. The fourth-order valence-electron chi connectivity index (χ4n) is 11.9. The van der Waals surface area contributed by atoms with Crippen LogP contribution in [0.1, 0.15) is 64.7 Å². The van der Waals surface area contributed by atoms with Crippen molar-refractivity contribution in [3.05, 3.63) is 61.6 Å². The average Bonchev–Trinajstić information content (AvgIpc) is 4.38. The molecule has 4 amide bonds. The number of aliphatic hydroxyl groups excluding tert-OH is 3. The number of anilines is 1. The van der Waals surface area contributed by atoms with E-state index < -0.39 is 76.2 Å². The highest BCUT2D eigenvalue weighted by atomic mass is 32.2. The van der Waals surface area contributed by atoms with Crippen LogP contribution in [0, 0.1) is 35.5 Å². The number of aliphatic hydroxyl groups is 3. The lowest BCUT2D eigenvalue weighted by atomic mass is 9.79. The smallest absolute Gasteiger partial charge is 0.353 e. The summed E-state index contributed by atoms with van der Waals surface area (Å²) in [5.74, 6) is -7.49. The van der Waals surface area contributed by atoms with Crippen molar-refractivity contribution in [2.75, 3.05) is 37.2 Å². The van der Waals surface area contributed by atoms with Gasteiger partial charge >= 0.3 is 23.9 Å². The van der Waals surface area contributed by atoms with Crippen molar-refractivity contribution in [3.8, 4) is 0 Å². The van der Waals surface area contributed by atoms with E-state index in [1.807, 2.05) is 20.8 Å². The number of carboxylic acids is 4. The number of nitrogens with zero attached hydrogens (tertiary/aromatic N) is 4. The first-order chi connectivity index (χ1) is 38.0. The number of hydrogen-bond donors (Lipinski definition) is 13. The molecule has 0 aromatic heterocycles. The number of β-lactam (4-membered cyclic amide) rings is 3. The second-order valence-corrected chi connectivity index (χ2v) is 26.2. The van der Waals surface area contributed by atoms with Gasteiger partial charge in [0, 0.05) is 80.1 Å². The number of rotatable bonds is 20. The third-order valence-electron chi connectivity index (χ3n) is 15.6. The molecule has 16 atom stereocenters. The van der Waals surface area contributed by atoms with Gasteiger partial charge in [-0.05, 0) is 51.8 Å². The van der Waals surface area contributed by atoms with Crippen molar-refractivity contribution in [2.24, 2.45) is 51.4 Å². The number of hydrogen-bond acceptors (Lipinski definition) is 19. The molecule has 0 saturated carbocycles. The minimum absolute atomic E-state index is 0.00510. The molecule has 1 aromatic carbocycles. The minimum Gasteiger partial charge on any atom is -0.478 e. The Morgan fingerprint density at radius 3 is 1.59 bits per heavy atom. The minimum atomic E-state index is -3.76. The lowest BCUT2D eigenvalue weighted by Gasteiger charge is -2.46. The maximum Gasteiger partial charge on any atom is 0.353 e. The molecule has 31 heteroatoms. The Hall–Kier alpha value is -5.61. The zero-order valence-corrected chi connectivity index (χ0v) is 48.1. The van der Waals surface area contributed by atoms with Crippen LogP contribution in [0.4, 0.5) is 5.69 Å². The Kier molecular flexibility index (Phi) is 19.8. The largest absolute Gasteiger partial charge is 0.478 e. The van der Waals surface area contributed by atoms with E-state index in [1.165, 1.54) is 75.4 Å². The van der Waals surface area contributed by atoms with E-state index in [0.717, 1.165) is 0 Å². The predicted molar refractivity (Wildman–Crippen MR) is 298 cm³/mol. The highest BCUT2D eigenvalue weighted by Crippen LogP contribution is 2.54. The van der Waals surface area contributed by atoms with Crippen LogP contribution in [0.2, 0.25) is 0 Å². The van der Waals surface area contributed by atoms with Gasteiger partial charge < -0.3 is 72.1 Å². The van der Waals surface area contributed by atoms with Gasteiger partial charge in [0.2, 0.25) is 23.6 Å². The van der Waals surface area contributed by atoms with Crippen molar-refractivity contribution < 1.29 is 82.5 Å². The van der Waals surface area contributed by atoms with Crippen LogP contribution in [-0.2, 0) is 43.8 Å². The SMILES string of the molecule is C[C@@H](O)[C@H]1C(=O)N2C(C(=O)O)=C(SCCN=CN)[C@H](C)[C@H]12.C[C@@H](O)[C@H]1C(=O)N2C(C(=O)O)=C(S[C@@H]3CN[C@H](C(=O)Nc4cccc(C(=O)O)c4)C3)[C@H](C)[C@H]12.C[C@@H](O)[C@H]1C(=O)N2C(C(=O)O)=C(S[C@@H]3CN[C@H](CNS(N)(=O)=O)C3)[C@H](C)[C@H]12. The zero-order valence-electron chi connectivity index (χ0n) is 44.9. The molecule has 5 fully saturated rings. The summed E-state index contributed by atoms with van der Waals surface area (Å²) in [6.07, 6.45) is -0.178. The molecule has 1 aromatic rings. The lowest BCUT2D eigenvalue weighted by molar-refractivity contribution is -0.163. The van der Waals surface area contributed by atoms with Crippen molar-refractivity contribution in [2.45, 2.75) is 113 Å². The lowest BCUT2D eigenvalue weighted by Crippen LogP contribution is -2.63. The van der Waals surface area contributed by atoms with E-state index >= 15 is 0 Å². The zero-order chi connectivity index (χ0) is 59.8. The normalized spacial score (nSPS) is 31.3. The molecule has 0 unspecified atom stereocenters. The molecule has 444 valence electrons. The number of nitrogens with two attached hydrogens (primary N) is 2. The number of fused-ring (bicyclic) bond motifs is 3. The maximum atomic E-state index is 12.7. The number of aromatic carboxylic acids is 1. The number of thioether (sulfide) groups is 3. The number of aliphatic imine (C=N–C) groups is 1. The van der Waals surface area contributed by atoms with Crippen LogP contribution in [0.25, 0.3) is 0 Å². The highest BCUT2D eigenvalue weighted by molar-refractivity contribution is 8.04. The third kappa shape index (κ3) is 12.8. The monoisotopic (exact) mass is 1210 g/mol. The maximum absolute atomic E-state index is 12.7. The van der Waals surface area contributed by atoms with Gasteiger partial charge in [-0.15, -0.1) is 35.3 Å². The number of carboxylic acid groups (broad SMARTS) is 4. The van der Waals surface area contributed by atoms with Gasteiger partial charge in [0.25, 0.3) is 10.2 Å². The van der Waals surface area contributed by atoms with Crippen LogP contribution in [0.5, 0.6) is 0 Å². The molecule has 0 radical (unpaired) electrons. The molecular weight excluding hydrogens is 1140 g/mol. The van der Waals surface area contributed by atoms with E-state index in [-0.39, 0.29) is 105 Å². The van der Waals surface area contributed by atoms with Gasteiger partial charge in [0.05, 0.1) is 78.7 Å². The topological polar surface area (TPSA) is 435 Å². The van der Waals surface area contributed by atoms with Crippen LogP contribution in [0.15, 0.2) is 61.1 Å². The van der Waals surface area contributed by atoms with E-state index in [9.17, 15) is 77.4 Å². The van der Waals surface area contributed by atoms with Gasteiger partial charge in [-0.3, -0.25) is 24.2 Å². The van der Waals surface area contributed by atoms with E-state index in [2.05, 4.69) is 25.7 Å². The van der Waals surface area contributed by atoms with Crippen molar-refractivity contribution >= 4 is 105 Å². The number of aliphatic carboxylic acids is 3. The summed E-state index contributed by atoms with van der Waals surface area (Å²) in [7, 11) is -3.76. The molecular formula is C50H68N10O17S4. The van der Waals surface area contributed by atoms with Crippen molar-refractivity contribution in [3.63, 3.8) is 0 Å². The summed E-state index contributed by atoms with van der Waals surface area (Å²) in [6.45, 7) is 12.0. The van der Waals surface area contributed by atoms with E-state index in [1.54, 1.807) is 26.0 Å². The molecule has 8 aliphatic heterocycles. The Balaban J connectivity index is 0.000000180. The van der Waals surface area contributed by atoms with Gasteiger partial charge in [0.1, 0.15) is 17.1 Å². The summed E-state index contributed by atoms with van der Waals surface area (Å²) in [4.78, 5) is 106. The number of amides is 4.